The Morgan fingerprint density at radius 3 is 2.60 bits per heavy atom. The van der Waals surface area contributed by atoms with Gasteiger partial charge in [-0.2, -0.15) is 0 Å². The van der Waals surface area contributed by atoms with Crippen LogP contribution < -0.4 is 15.8 Å². The average molecular weight is 361 g/mol. The van der Waals surface area contributed by atoms with E-state index in [1.54, 1.807) is 6.07 Å². The summed E-state index contributed by atoms with van der Waals surface area (Å²) >= 11 is 0. The molecule has 0 aromatic heterocycles. The van der Waals surface area contributed by atoms with Gasteiger partial charge < -0.3 is 15.8 Å². The first-order valence-electron chi connectivity index (χ1n) is 8.45. The Morgan fingerprint density at radius 1 is 1.20 bits per heavy atom. The maximum Gasteiger partial charge on any atom is 0.255 e. The highest BCUT2D eigenvalue weighted by Crippen LogP contribution is 2.31. The number of carbonyl (C=O) groups is 1. The first-order valence-corrected chi connectivity index (χ1v) is 8.45. The predicted octanol–water partition coefficient (Wildman–Crippen LogP) is 3.46. The summed E-state index contributed by atoms with van der Waals surface area (Å²) in [5, 5.41) is 2.93. The monoisotopic (exact) mass is 360 g/mol. The van der Waals surface area contributed by atoms with Crippen molar-refractivity contribution in [3.05, 3.63) is 65.2 Å². The lowest BCUT2D eigenvalue weighted by atomic mass is 10.1. The van der Waals surface area contributed by atoms with E-state index < -0.39 is 0 Å². The molecule has 1 amide bonds. The SMILES string of the molecule is Cc1ccccc1COc1ccccc1C(=O)NCC(N)C1CC1.Cl. The second kappa shape index (κ2) is 8.88. The third-order valence-corrected chi connectivity index (χ3v) is 4.50. The van der Waals surface area contributed by atoms with Crippen molar-refractivity contribution in [2.75, 3.05) is 6.54 Å². The van der Waals surface area contributed by atoms with Crippen LogP contribution in [0.2, 0.25) is 0 Å². The summed E-state index contributed by atoms with van der Waals surface area (Å²) in [5.41, 5.74) is 8.89. The smallest absolute Gasteiger partial charge is 0.255 e. The van der Waals surface area contributed by atoms with E-state index in [0.29, 0.717) is 30.4 Å². The average Bonchev–Trinajstić information content (AvgIpc) is 3.44. The molecule has 3 rings (SSSR count). The van der Waals surface area contributed by atoms with E-state index in [9.17, 15) is 4.79 Å². The Kier molecular flexibility index (Phi) is 6.85. The minimum Gasteiger partial charge on any atom is -0.488 e. The summed E-state index contributed by atoms with van der Waals surface area (Å²) < 4.78 is 5.90. The topological polar surface area (TPSA) is 64.3 Å². The van der Waals surface area contributed by atoms with Crippen molar-refractivity contribution < 1.29 is 9.53 Å². The maximum absolute atomic E-state index is 12.4. The Labute approximate surface area is 155 Å². The fraction of sp³-hybridized carbons (Fsp3) is 0.350. The van der Waals surface area contributed by atoms with E-state index in [0.717, 1.165) is 5.56 Å². The lowest BCUT2D eigenvalue weighted by molar-refractivity contribution is 0.0945. The third kappa shape index (κ3) is 5.21. The van der Waals surface area contributed by atoms with Crippen molar-refractivity contribution in [1.82, 2.24) is 5.32 Å². The summed E-state index contributed by atoms with van der Waals surface area (Å²) in [6.07, 6.45) is 2.35. The maximum atomic E-state index is 12.4. The molecular weight excluding hydrogens is 336 g/mol. The Morgan fingerprint density at radius 2 is 1.88 bits per heavy atom. The Hall–Kier alpha value is -2.04. The van der Waals surface area contributed by atoms with Crippen LogP contribution in [0.25, 0.3) is 0 Å². The van der Waals surface area contributed by atoms with Crippen molar-refractivity contribution >= 4 is 18.3 Å². The summed E-state index contributed by atoms with van der Waals surface area (Å²) in [5.74, 6) is 1.03. The molecule has 0 bridgehead atoms. The number of para-hydroxylation sites is 1. The first kappa shape index (κ1) is 19.3. The van der Waals surface area contributed by atoms with Crippen LogP contribution in [-0.2, 0) is 6.61 Å². The minimum absolute atomic E-state index is 0. The summed E-state index contributed by atoms with van der Waals surface area (Å²) in [7, 11) is 0. The third-order valence-electron chi connectivity index (χ3n) is 4.50. The highest BCUT2D eigenvalue weighted by molar-refractivity contribution is 5.96. The van der Waals surface area contributed by atoms with Crippen molar-refractivity contribution in [1.29, 1.82) is 0 Å². The number of carbonyl (C=O) groups excluding carboxylic acids is 1. The van der Waals surface area contributed by atoms with Crippen LogP contribution in [-0.4, -0.2) is 18.5 Å². The molecule has 0 saturated heterocycles. The van der Waals surface area contributed by atoms with Crippen molar-refractivity contribution in [3.8, 4) is 5.75 Å². The molecule has 0 aliphatic heterocycles. The lowest BCUT2D eigenvalue weighted by Crippen LogP contribution is -2.38. The van der Waals surface area contributed by atoms with Crippen LogP contribution in [0.3, 0.4) is 0 Å². The molecule has 0 heterocycles. The van der Waals surface area contributed by atoms with Gasteiger partial charge in [0.25, 0.3) is 5.91 Å². The van der Waals surface area contributed by atoms with Crippen LogP contribution in [0.5, 0.6) is 5.75 Å². The van der Waals surface area contributed by atoms with Crippen molar-refractivity contribution in [2.24, 2.45) is 11.7 Å². The van der Waals surface area contributed by atoms with Crippen LogP contribution in [0.15, 0.2) is 48.5 Å². The molecule has 1 aliphatic carbocycles. The fourth-order valence-corrected chi connectivity index (χ4v) is 2.70. The van der Waals surface area contributed by atoms with Gasteiger partial charge in [-0.3, -0.25) is 4.79 Å². The van der Waals surface area contributed by atoms with E-state index in [2.05, 4.69) is 18.3 Å². The molecule has 4 nitrogen and oxygen atoms in total. The highest BCUT2D eigenvalue weighted by atomic mass is 35.5. The van der Waals surface area contributed by atoms with Gasteiger partial charge in [0.05, 0.1) is 5.56 Å². The van der Waals surface area contributed by atoms with Gasteiger partial charge in [-0.25, -0.2) is 0 Å². The number of nitrogens with two attached hydrogens (primary N) is 1. The second-order valence-electron chi connectivity index (χ2n) is 6.42. The lowest BCUT2D eigenvalue weighted by Gasteiger charge is -2.15. The molecule has 1 fully saturated rings. The Balaban J connectivity index is 0.00000225. The quantitative estimate of drug-likeness (QED) is 0.794. The molecule has 25 heavy (non-hydrogen) atoms. The first-order chi connectivity index (χ1) is 11.6. The van der Waals surface area contributed by atoms with E-state index >= 15 is 0 Å². The number of rotatable bonds is 7. The molecule has 0 radical (unpaired) electrons. The van der Waals surface area contributed by atoms with Gasteiger partial charge in [-0.1, -0.05) is 36.4 Å². The number of amides is 1. The minimum atomic E-state index is -0.133. The molecule has 2 aromatic rings. The van der Waals surface area contributed by atoms with Crippen molar-refractivity contribution in [3.63, 3.8) is 0 Å². The van der Waals surface area contributed by atoms with Gasteiger partial charge in [-0.15, -0.1) is 12.4 Å². The number of benzene rings is 2. The van der Waals surface area contributed by atoms with Crippen LogP contribution in [0, 0.1) is 12.8 Å². The summed E-state index contributed by atoms with van der Waals surface area (Å²) in [6, 6.07) is 15.5. The zero-order valence-electron chi connectivity index (χ0n) is 14.4. The summed E-state index contributed by atoms with van der Waals surface area (Å²) in [4.78, 5) is 12.4. The normalized spacial score (nSPS) is 14.3. The molecule has 0 spiro atoms. The standard InChI is InChI=1S/C20H24N2O2.ClH/c1-14-6-2-3-7-16(14)13-24-19-9-5-4-8-17(19)20(23)22-12-18(21)15-10-11-15;/h2-9,15,18H,10-13,21H2,1H3,(H,22,23);1H. The molecule has 1 saturated carbocycles. The molecule has 3 N–H and O–H groups in total. The number of hydrogen-bond donors (Lipinski definition) is 2. The summed E-state index contributed by atoms with van der Waals surface area (Å²) in [6.45, 7) is 3.00. The predicted molar refractivity (Wildman–Crippen MR) is 102 cm³/mol. The van der Waals surface area contributed by atoms with E-state index in [1.807, 2.05) is 36.4 Å². The Bertz CT molecular complexity index is 716. The van der Waals surface area contributed by atoms with E-state index in [-0.39, 0.29) is 24.4 Å². The molecule has 5 heteroatoms. The highest BCUT2D eigenvalue weighted by Gasteiger charge is 2.28. The molecule has 134 valence electrons. The number of halogens is 1. The van der Waals surface area contributed by atoms with Crippen LogP contribution in [0.4, 0.5) is 0 Å². The van der Waals surface area contributed by atoms with Gasteiger partial charge in [0, 0.05) is 12.6 Å². The van der Waals surface area contributed by atoms with Gasteiger partial charge in [0.2, 0.25) is 0 Å². The van der Waals surface area contributed by atoms with Crippen molar-refractivity contribution in [2.45, 2.75) is 32.4 Å². The fourth-order valence-electron chi connectivity index (χ4n) is 2.70. The van der Waals surface area contributed by atoms with Gasteiger partial charge >= 0.3 is 0 Å². The number of hydrogen-bond acceptors (Lipinski definition) is 3. The second-order valence-corrected chi connectivity index (χ2v) is 6.42. The van der Waals surface area contributed by atoms with Crippen LogP contribution in [0.1, 0.15) is 34.3 Å². The number of aryl methyl sites for hydroxylation is 1. The largest absolute Gasteiger partial charge is 0.488 e. The molecular formula is C20H25ClN2O2. The van der Waals surface area contributed by atoms with Crippen LogP contribution >= 0.6 is 12.4 Å². The van der Waals surface area contributed by atoms with Gasteiger partial charge in [0.1, 0.15) is 12.4 Å². The van der Waals surface area contributed by atoms with E-state index in [4.69, 9.17) is 10.5 Å². The molecule has 1 aliphatic rings. The molecule has 1 unspecified atom stereocenters. The van der Waals surface area contributed by atoms with Gasteiger partial charge in [0.15, 0.2) is 0 Å². The molecule has 2 aromatic carbocycles. The number of nitrogens with one attached hydrogen (secondary N) is 1. The number of ether oxygens (including phenoxy) is 1. The van der Waals surface area contributed by atoms with E-state index in [1.165, 1.54) is 18.4 Å². The zero-order chi connectivity index (χ0) is 16.9. The zero-order valence-corrected chi connectivity index (χ0v) is 15.2. The molecule has 1 atom stereocenters. The van der Waals surface area contributed by atoms with Gasteiger partial charge in [-0.05, 0) is 48.9 Å².